The van der Waals surface area contributed by atoms with E-state index in [1.807, 2.05) is 6.07 Å². The summed E-state index contributed by atoms with van der Waals surface area (Å²) in [7, 11) is 3.06. The van der Waals surface area contributed by atoms with Crippen LogP contribution in [0.3, 0.4) is 0 Å². The molecule has 0 atom stereocenters. The third-order valence-electron chi connectivity index (χ3n) is 4.71. The molecule has 0 saturated carbocycles. The number of hydrogen-bond donors (Lipinski definition) is 1. The van der Waals surface area contributed by atoms with Gasteiger partial charge in [-0.3, -0.25) is 0 Å². The number of halogens is 2. The number of ether oxygens (including phenoxy) is 3. The lowest BCUT2D eigenvalue weighted by molar-refractivity contribution is 0.122. The molecule has 1 saturated heterocycles. The van der Waals surface area contributed by atoms with E-state index >= 15 is 0 Å². The van der Waals surface area contributed by atoms with Crippen molar-refractivity contribution in [3.05, 3.63) is 28.4 Å². The number of rotatable bonds is 4. The van der Waals surface area contributed by atoms with E-state index in [-0.39, 0.29) is 5.95 Å². The molecule has 3 aromatic rings. The highest BCUT2D eigenvalue weighted by atomic mass is 35.5. The maximum atomic E-state index is 6.60. The molecule has 1 aliphatic rings. The number of morpholine rings is 1. The molecule has 1 aliphatic heterocycles. The zero-order valence-corrected chi connectivity index (χ0v) is 17.4. The molecule has 10 heteroatoms. The Hall–Kier alpha value is -2.55. The summed E-state index contributed by atoms with van der Waals surface area (Å²) in [5.74, 6) is 1.72. The summed E-state index contributed by atoms with van der Waals surface area (Å²) in [6.45, 7) is 2.56. The van der Waals surface area contributed by atoms with Gasteiger partial charge in [-0.1, -0.05) is 23.2 Å². The van der Waals surface area contributed by atoms with E-state index in [1.165, 1.54) is 14.2 Å². The van der Waals surface area contributed by atoms with Crippen LogP contribution in [0.4, 0.5) is 11.8 Å². The van der Waals surface area contributed by atoms with Gasteiger partial charge in [0, 0.05) is 36.3 Å². The second-order valence-corrected chi connectivity index (χ2v) is 7.14. The van der Waals surface area contributed by atoms with Crippen molar-refractivity contribution >= 4 is 45.9 Å². The smallest absolute Gasteiger partial charge is 0.220 e. The molecule has 152 valence electrons. The van der Waals surface area contributed by atoms with Gasteiger partial charge in [0.05, 0.1) is 43.2 Å². The lowest BCUT2D eigenvalue weighted by Gasteiger charge is -2.29. The Morgan fingerprint density at radius 3 is 2.31 bits per heavy atom. The van der Waals surface area contributed by atoms with Crippen molar-refractivity contribution in [3.8, 4) is 22.8 Å². The molecular formula is C19H19Cl2N5O3. The van der Waals surface area contributed by atoms with Gasteiger partial charge in [-0.15, -0.1) is 0 Å². The van der Waals surface area contributed by atoms with Crippen LogP contribution in [-0.2, 0) is 4.74 Å². The number of nitrogens with zero attached hydrogens (tertiary/aromatic N) is 4. The summed E-state index contributed by atoms with van der Waals surface area (Å²) in [6.07, 6.45) is 1.66. The van der Waals surface area contributed by atoms with E-state index in [2.05, 4.69) is 14.9 Å². The Morgan fingerprint density at radius 1 is 1.03 bits per heavy atom. The van der Waals surface area contributed by atoms with Crippen molar-refractivity contribution in [2.75, 3.05) is 51.2 Å². The van der Waals surface area contributed by atoms with Gasteiger partial charge in [-0.25, -0.2) is 15.0 Å². The van der Waals surface area contributed by atoms with E-state index in [0.717, 1.165) is 5.39 Å². The first-order valence-electron chi connectivity index (χ1n) is 8.89. The second kappa shape index (κ2) is 8.06. The van der Waals surface area contributed by atoms with E-state index < -0.39 is 0 Å². The van der Waals surface area contributed by atoms with Crippen LogP contribution in [0.1, 0.15) is 0 Å². The molecule has 1 aromatic carbocycles. The molecule has 0 spiro atoms. The molecule has 2 aromatic heterocycles. The number of nitrogen functional groups attached to an aromatic ring is 1. The Bertz CT molecular complexity index is 1050. The number of benzene rings is 1. The van der Waals surface area contributed by atoms with Gasteiger partial charge in [0.25, 0.3) is 0 Å². The summed E-state index contributed by atoms with van der Waals surface area (Å²) in [5.41, 5.74) is 7.55. The van der Waals surface area contributed by atoms with Crippen LogP contribution in [0.5, 0.6) is 11.5 Å². The lowest BCUT2D eigenvalue weighted by atomic mass is 10.1. The minimum absolute atomic E-state index is 0.181. The minimum atomic E-state index is 0.181. The summed E-state index contributed by atoms with van der Waals surface area (Å²) in [6, 6.07) is 3.46. The molecule has 2 N–H and O–H groups in total. The summed E-state index contributed by atoms with van der Waals surface area (Å²) in [4.78, 5) is 15.5. The molecule has 4 rings (SSSR count). The predicted molar refractivity (Wildman–Crippen MR) is 113 cm³/mol. The molecule has 0 amide bonds. The fourth-order valence-corrected chi connectivity index (χ4v) is 3.96. The van der Waals surface area contributed by atoms with Crippen LogP contribution in [0, 0.1) is 0 Å². The number of methoxy groups -OCH3 is 2. The first kappa shape index (κ1) is 19.8. The zero-order valence-electron chi connectivity index (χ0n) is 15.9. The van der Waals surface area contributed by atoms with E-state index in [0.29, 0.717) is 70.4 Å². The van der Waals surface area contributed by atoms with Gasteiger partial charge in [0.1, 0.15) is 17.0 Å². The Balaban J connectivity index is 1.99. The van der Waals surface area contributed by atoms with Crippen LogP contribution in [-0.4, -0.2) is 55.5 Å². The first-order valence-corrected chi connectivity index (χ1v) is 9.65. The lowest BCUT2D eigenvalue weighted by Crippen LogP contribution is -2.37. The van der Waals surface area contributed by atoms with Crippen molar-refractivity contribution in [2.24, 2.45) is 0 Å². The maximum absolute atomic E-state index is 6.60. The highest BCUT2D eigenvalue weighted by molar-refractivity contribution is 6.41. The van der Waals surface area contributed by atoms with Crippen molar-refractivity contribution in [2.45, 2.75) is 0 Å². The molecule has 3 heterocycles. The quantitative estimate of drug-likeness (QED) is 0.665. The molecule has 0 bridgehead atoms. The normalized spacial score (nSPS) is 14.3. The minimum Gasteiger partial charge on any atom is -0.495 e. The Morgan fingerprint density at radius 2 is 1.69 bits per heavy atom. The predicted octanol–water partition coefficient (Wildman–Crippen LogP) is 3.43. The number of aromatic nitrogens is 3. The van der Waals surface area contributed by atoms with E-state index in [1.54, 1.807) is 12.3 Å². The topological polar surface area (TPSA) is 95.6 Å². The molecular weight excluding hydrogens is 417 g/mol. The number of anilines is 2. The summed E-state index contributed by atoms with van der Waals surface area (Å²) >= 11 is 13.2. The molecule has 1 fully saturated rings. The van der Waals surface area contributed by atoms with Crippen LogP contribution in [0.25, 0.3) is 22.2 Å². The Labute approximate surface area is 177 Å². The Kier molecular flexibility index (Phi) is 5.49. The highest BCUT2D eigenvalue weighted by Gasteiger charge is 2.23. The molecule has 0 radical (unpaired) electrons. The number of hydrogen-bond acceptors (Lipinski definition) is 8. The number of pyridine rings is 1. The fourth-order valence-electron chi connectivity index (χ4n) is 3.27. The van der Waals surface area contributed by atoms with Crippen LogP contribution in [0.15, 0.2) is 18.3 Å². The third-order valence-corrected chi connectivity index (χ3v) is 5.46. The number of nitrogens with two attached hydrogens (primary N) is 1. The maximum Gasteiger partial charge on any atom is 0.220 e. The summed E-state index contributed by atoms with van der Waals surface area (Å²) < 4.78 is 16.2. The molecule has 0 unspecified atom stereocenters. The fraction of sp³-hybridized carbons (Fsp3) is 0.316. The van der Waals surface area contributed by atoms with Crippen LogP contribution < -0.4 is 20.1 Å². The van der Waals surface area contributed by atoms with Crippen LogP contribution >= 0.6 is 23.2 Å². The van der Waals surface area contributed by atoms with E-state index in [9.17, 15) is 0 Å². The third kappa shape index (κ3) is 3.59. The molecule has 29 heavy (non-hydrogen) atoms. The second-order valence-electron chi connectivity index (χ2n) is 6.38. The average molecular weight is 436 g/mol. The van der Waals surface area contributed by atoms with Gasteiger partial charge in [-0.2, -0.15) is 0 Å². The average Bonchev–Trinajstić information content (AvgIpc) is 2.74. The van der Waals surface area contributed by atoms with E-state index in [4.69, 9.17) is 48.1 Å². The highest BCUT2D eigenvalue weighted by Crippen LogP contribution is 2.46. The monoisotopic (exact) mass is 435 g/mol. The molecule has 8 nitrogen and oxygen atoms in total. The largest absolute Gasteiger partial charge is 0.495 e. The molecule has 0 aliphatic carbocycles. The van der Waals surface area contributed by atoms with Gasteiger partial charge >= 0.3 is 0 Å². The van der Waals surface area contributed by atoms with Crippen molar-refractivity contribution in [1.29, 1.82) is 0 Å². The van der Waals surface area contributed by atoms with Crippen molar-refractivity contribution in [1.82, 2.24) is 15.0 Å². The number of fused-ring (bicyclic) bond motifs is 1. The van der Waals surface area contributed by atoms with Gasteiger partial charge in [0.15, 0.2) is 5.82 Å². The zero-order chi connectivity index (χ0) is 20.5. The standard InChI is InChI=1S/C19H19Cl2N5O3/c1-27-12-8-13(28-2)16(21)14(15(12)20)11-7-10-9-23-19(22)25-17(10)18(24-11)26-3-5-29-6-4-26/h7-9H,3-6H2,1-2H3,(H2,22,23,25). The van der Waals surface area contributed by atoms with Crippen molar-refractivity contribution in [3.63, 3.8) is 0 Å². The first-order chi connectivity index (χ1) is 14.0. The summed E-state index contributed by atoms with van der Waals surface area (Å²) in [5, 5.41) is 1.45. The van der Waals surface area contributed by atoms with Crippen molar-refractivity contribution < 1.29 is 14.2 Å². The van der Waals surface area contributed by atoms with Gasteiger partial charge < -0.3 is 24.8 Å². The SMILES string of the molecule is COc1cc(OC)c(Cl)c(-c2cc3cnc(N)nc3c(N3CCOCC3)n2)c1Cl. The van der Waals surface area contributed by atoms with Gasteiger partial charge in [-0.05, 0) is 6.07 Å². The van der Waals surface area contributed by atoms with Crippen LogP contribution in [0.2, 0.25) is 10.0 Å². The van der Waals surface area contributed by atoms with Gasteiger partial charge in [0.2, 0.25) is 5.95 Å².